The average Bonchev–Trinajstić information content (AvgIpc) is 2.69. The number of anilines is 1. The molecule has 11 heteroatoms. The predicted octanol–water partition coefficient (Wildman–Crippen LogP) is 1.64. The number of hydrogen-bond donors (Lipinski definition) is 2. The Labute approximate surface area is 177 Å². The van der Waals surface area contributed by atoms with Crippen LogP contribution in [0.15, 0.2) is 58.3 Å². The highest BCUT2D eigenvalue weighted by Crippen LogP contribution is 2.17. The van der Waals surface area contributed by atoms with E-state index in [1.54, 1.807) is 12.1 Å². The molecule has 0 aromatic heterocycles. The molecule has 1 amide bonds. The van der Waals surface area contributed by atoms with E-state index in [0.29, 0.717) is 18.0 Å². The fourth-order valence-corrected chi connectivity index (χ4v) is 4.34. The normalized spacial score (nSPS) is 12.0. The minimum atomic E-state index is -3.75. The molecule has 2 aromatic carbocycles. The fourth-order valence-electron chi connectivity index (χ4n) is 2.41. The smallest absolute Gasteiger partial charge is 0.242 e. The lowest BCUT2D eigenvalue weighted by Gasteiger charge is -2.12. The number of hydrogen-bond acceptors (Lipinski definition) is 6. The van der Waals surface area contributed by atoms with Crippen molar-refractivity contribution < 1.29 is 26.4 Å². The molecule has 9 nitrogen and oxygen atoms in total. The second-order valence-electron chi connectivity index (χ2n) is 6.41. The number of amides is 1. The minimum Gasteiger partial charge on any atom is -0.494 e. The van der Waals surface area contributed by atoms with Crippen LogP contribution in [0, 0.1) is 0 Å². The third-order valence-corrected chi connectivity index (χ3v) is 7.31. The molecule has 2 rings (SSSR count). The van der Waals surface area contributed by atoms with Crippen LogP contribution in [0.1, 0.15) is 13.3 Å². The summed E-state index contributed by atoms with van der Waals surface area (Å²) in [6.45, 7) is 2.22. The molecule has 0 aliphatic heterocycles. The molecule has 0 bridgehead atoms. The van der Waals surface area contributed by atoms with E-state index >= 15 is 0 Å². The average molecular weight is 456 g/mol. The summed E-state index contributed by atoms with van der Waals surface area (Å²) in [7, 11) is -4.44. The van der Waals surface area contributed by atoms with Crippen molar-refractivity contribution in [1.82, 2.24) is 9.03 Å². The molecular weight excluding hydrogens is 430 g/mol. The summed E-state index contributed by atoms with van der Waals surface area (Å²) in [4.78, 5) is 12.2. The van der Waals surface area contributed by atoms with Crippen molar-refractivity contribution in [3.8, 4) is 5.75 Å². The topological polar surface area (TPSA) is 122 Å². The van der Waals surface area contributed by atoms with Gasteiger partial charge in [-0.3, -0.25) is 4.79 Å². The third kappa shape index (κ3) is 6.26. The fraction of sp³-hybridized carbons (Fsp3) is 0.316. The number of benzene rings is 2. The Morgan fingerprint density at radius 3 is 2.03 bits per heavy atom. The lowest BCUT2D eigenvalue weighted by atomic mass is 10.3. The lowest BCUT2D eigenvalue weighted by Crippen LogP contribution is -2.27. The van der Waals surface area contributed by atoms with Crippen LogP contribution in [0.5, 0.6) is 5.75 Å². The Kier molecular flexibility index (Phi) is 7.96. The summed E-state index contributed by atoms with van der Waals surface area (Å²) in [5, 5.41) is 2.60. The van der Waals surface area contributed by atoms with Gasteiger partial charge in [0.25, 0.3) is 0 Å². The first-order valence-electron chi connectivity index (χ1n) is 9.11. The molecule has 164 valence electrons. The molecule has 0 aliphatic rings. The van der Waals surface area contributed by atoms with E-state index in [0.717, 1.165) is 4.31 Å². The molecular formula is C19H25N3O6S2. The Bertz CT molecular complexity index is 1060. The Hall–Kier alpha value is -2.47. The predicted molar refractivity (Wildman–Crippen MR) is 113 cm³/mol. The lowest BCUT2D eigenvalue weighted by molar-refractivity contribution is -0.116. The van der Waals surface area contributed by atoms with Gasteiger partial charge in [-0.25, -0.2) is 25.9 Å². The molecule has 0 unspecified atom stereocenters. The number of sulfonamides is 2. The van der Waals surface area contributed by atoms with Gasteiger partial charge in [-0.15, -0.1) is 0 Å². The SMILES string of the molecule is CCOc1ccc(S(=O)(=O)NCCC(=O)Nc2ccc(S(=O)(=O)N(C)C)cc2)cc1. The van der Waals surface area contributed by atoms with Crippen LogP contribution < -0.4 is 14.8 Å². The number of carbonyl (C=O) groups excluding carboxylic acids is 1. The molecule has 0 atom stereocenters. The molecule has 0 spiro atoms. The first-order chi connectivity index (χ1) is 14.1. The third-order valence-electron chi connectivity index (χ3n) is 4.01. The zero-order valence-electron chi connectivity index (χ0n) is 17.0. The Morgan fingerprint density at radius 1 is 0.933 bits per heavy atom. The second kappa shape index (κ2) is 10.0. The molecule has 0 aliphatic carbocycles. The molecule has 0 saturated carbocycles. The summed E-state index contributed by atoms with van der Waals surface area (Å²) in [5.74, 6) is 0.160. The molecule has 0 heterocycles. The van der Waals surface area contributed by atoms with Crippen LogP contribution in [0.4, 0.5) is 5.69 Å². The van der Waals surface area contributed by atoms with Crippen LogP contribution in [0.2, 0.25) is 0 Å². The van der Waals surface area contributed by atoms with Gasteiger partial charge in [0, 0.05) is 32.7 Å². The van der Waals surface area contributed by atoms with E-state index in [1.165, 1.54) is 50.5 Å². The largest absolute Gasteiger partial charge is 0.494 e. The number of rotatable bonds is 10. The highest BCUT2D eigenvalue weighted by atomic mass is 32.2. The highest BCUT2D eigenvalue weighted by molar-refractivity contribution is 7.89. The van der Waals surface area contributed by atoms with Crippen molar-refractivity contribution in [1.29, 1.82) is 0 Å². The monoisotopic (exact) mass is 455 g/mol. The van der Waals surface area contributed by atoms with E-state index in [-0.39, 0.29) is 22.8 Å². The number of carbonyl (C=O) groups is 1. The maximum Gasteiger partial charge on any atom is 0.242 e. The molecule has 30 heavy (non-hydrogen) atoms. The molecule has 2 aromatic rings. The van der Waals surface area contributed by atoms with Crippen LogP contribution in [0.25, 0.3) is 0 Å². The van der Waals surface area contributed by atoms with E-state index in [9.17, 15) is 21.6 Å². The van der Waals surface area contributed by atoms with Gasteiger partial charge in [0.1, 0.15) is 5.75 Å². The first kappa shape index (κ1) is 23.8. The van der Waals surface area contributed by atoms with Gasteiger partial charge in [0.2, 0.25) is 26.0 Å². The van der Waals surface area contributed by atoms with E-state index in [1.807, 2.05) is 6.92 Å². The quantitative estimate of drug-likeness (QED) is 0.562. The van der Waals surface area contributed by atoms with Gasteiger partial charge in [-0.1, -0.05) is 0 Å². The van der Waals surface area contributed by atoms with Crippen molar-refractivity contribution in [2.24, 2.45) is 0 Å². The zero-order valence-corrected chi connectivity index (χ0v) is 18.6. The van der Waals surface area contributed by atoms with Crippen LogP contribution in [-0.2, 0) is 24.8 Å². The van der Waals surface area contributed by atoms with Gasteiger partial charge >= 0.3 is 0 Å². The maximum absolute atomic E-state index is 12.3. The summed E-state index contributed by atoms with van der Waals surface area (Å²) in [6, 6.07) is 11.7. The van der Waals surface area contributed by atoms with Crippen molar-refractivity contribution in [3.05, 3.63) is 48.5 Å². The standard InChI is InChI=1S/C19H25N3O6S2/c1-4-28-16-7-11-17(12-8-16)29(24,25)20-14-13-19(23)21-15-5-9-18(10-6-15)30(26,27)22(2)3/h5-12,20H,4,13-14H2,1-3H3,(H,21,23). The van der Waals surface area contributed by atoms with Crippen molar-refractivity contribution in [3.63, 3.8) is 0 Å². The van der Waals surface area contributed by atoms with Crippen LogP contribution in [0.3, 0.4) is 0 Å². The molecule has 0 fully saturated rings. The highest BCUT2D eigenvalue weighted by Gasteiger charge is 2.17. The van der Waals surface area contributed by atoms with Gasteiger partial charge in [0.15, 0.2) is 0 Å². The molecule has 0 radical (unpaired) electrons. The minimum absolute atomic E-state index is 0.0732. The Morgan fingerprint density at radius 2 is 1.50 bits per heavy atom. The van der Waals surface area contributed by atoms with Crippen molar-refractivity contribution in [2.45, 2.75) is 23.1 Å². The van der Waals surface area contributed by atoms with Gasteiger partial charge in [0.05, 0.1) is 16.4 Å². The van der Waals surface area contributed by atoms with Crippen molar-refractivity contribution >= 4 is 31.6 Å². The summed E-state index contributed by atoms with van der Waals surface area (Å²) >= 11 is 0. The van der Waals surface area contributed by atoms with Gasteiger partial charge in [-0.2, -0.15) is 0 Å². The van der Waals surface area contributed by atoms with E-state index in [4.69, 9.17) is 4.74 Å². The first-order valence-corrected chi connectivity index (χ1v) is 12.0. The maximum atomic E-state index is 12.3. The van der Waals surface area contributed by atoms with E-state index < -0.39 is 26.0 Å². The molecule has 2 N–H and O–H groups in total. The van der Waals surface area contributed by atoms with Gasteiger partial charge in [-0.05, 0) is 55.5 Å². The molecule has 0 saturated heterocycles. The summed E-state index contributed by atoms with van der Waals surface area (Å²) in [5.41, 5.74) is 0.409. The summed E-state index contributed by atoms with van der Waals surface area (Å²) < 4.78 is 57.4. The van der Waals surface area contributed by atoms with E-state index in [2.05, 4.69) is 10.0 Å². The van der Waals surface area contributed by atoms with Crippen LogP contribution in [-0.4, -0.2) is 54.3 Å². The number of nitrogens with zero attached hydrogens (tertiary/aromatic N) is 1. The van der Waals surface area contributed by atoms with Gasteiger partial charge < -0.3 is 10.1 Å². The van der Waals surface area contributed by atoms with Crippen molar-refractivity contribution in [2.75, 3.05) is 32.6 Å². The number of ether oxygens (including phenoxy) is 1. The Balaban J connectivity index is 1.88. The zero-order chi connectivity index (χ0) is 22.4. The second-order valence-corrected chi connectivity index (χ2v) is 10.3. The number of nitrogens with one attached hydrogen (secondary N) is 2. The van der Waals surface area contributed by atoms with Crippen LogP contribution >= 0.6 is 0 Å². The summed E-state index contributed by atoms with van der Waals surface area (Å²) in [6.07, 6.45) is -0.0893.